The molecule has 0 spiro atoms. The van der Waals surface area contributed by atoms with Crippen LogP contribution in [0.2, 0.25) is 0 Å². The third kappa shape index (κ3) is 6.73. The normalized spacial score (nSPS) is 21.8. The monoisotopic (exact) mass is 269 g/mol. The Kier molecular flexibility index (Phi) is 6.28. The lowest BCUT2D eigenvalue weighted by Gasteiger charge is -2.45. The van der Waals surface area contributed by atoms with E-state index in [9.17, 15) is 0 Å². The lowest BCUT2D eigenvalue weighted by molar-refractivity contribution is 0.0393. The van der Waals surface area contributed by atoms with E-state index in [1.54, 1.807) is 0 Å². The Labute approximate surface area is 120 Å². The van der Waals surface area contributed by atoms with E-state index in [2.05, 4.69) is 56.8 Å². The van der Waals surface area contributed by atoms with Crippen molar-refractivity contribution in [3.8, 4) is 0 Å². The maximum Gasteiger partial charge on any atom is 0.0277 e. The molecule has 0 aliphatic carbocycles. The lowest BCUT2D eigenvalue weighted by Crippen LogP contribution is -2.57. The molecule has 0 unspecified atom stereocenters. The topological polar surface area (TPSA) is 18.5 Å². The van der Waals surface area contributed by atoms with Crippen molar-refractivity contribution in [1.29, 1.82) is 0 Å². The highest BCUT2D eigenvalue weighted by atomic mass is 15.3. The predicted octanol–water partition coefficient (Wildman–Crippen LogP) is 2.57. The summed E-state index contributed by atoms with van der Waals surface area (Å²) in [6.45, 7) is 17.5. The second kappa shape index (κ2) is 7.05. The van der Waals surface area contributed by atoms with Gasteiger partial charge in [0, 0.05) is 30.7 Å². The molecule has 0 radical (unpaired) electrons. The first kappa shape index (κ1) is 16.9. The molecular weight excluding hydrogens is 234 g/mol. The molecule has 0 aromatic heterocycles. The number of nitrogens with one attached hydrogen (secondary N) is 1. The molecule has 1 aliphatic rings. The van der Waals surface area contributed by atoms with Gasteiger partial charge in [0.2, 0.25) is 0 Å². The summed E-state index contributed by atoms with van der Waals surface area (Å²) in [5.41, 5.74) is 0.605. The second-order valence-corrected chi connectivity index (χ2v) is 7.75. The summed E-state index contributed by atoms with van der Waals surface area (Å²) >= 11 is 0. The Morgan fingerprint density at radius 3 is 2.32 bits per heavy atom. The molecule has 0 bridgehead atoms. The lowest BCUT2D eigenvalue weighted by atomic mass is 9.99. The minimum absolute atomic E-state index is 0.265. The van der Waals surface area contributed by atoms with Gasteiger partial charge in [0.05, 0.1) is 0 Å². The zero-order valence-electron chi connectivity index (χ0n) is 14.1. The first-order chi connectivity index (χ1) is 8.71. The van der Waals surface area contributed by atoms with Gasteiger partial charge in [-0.05, 0) is 67.6 Å². The van der Waals surface area contributed by atoms with Crippen molar-refractivity contribution in [2.75, 3.05) is 39.8 Å². The molecule has 1 saturated heterocycles. The molecule has 3 heteroatoms. The number of piperazine rings is 1. The number of unbranched alkanes of at least 4 members (excludes halogenated alkanes) is 2. The van der Waals surface area contributed by atoms with Crippen LogP contribution in [0.25, 0.3) is 0 Å². The van der Waals surface area contributed by atoms with Crippen LogP contribution in [0.4, 0.5) is 0 Å². The largest absolute Gasteiger partial charge is 0.312 e. The van der Waals surface area contributed by atoms with Crippen LogP contribution in [-0.4, -0.2) is 60.6 Å². The third-order valence-electron chi connectivity index (χ3n) is 4.20. The average Bonchev–Trinajstić information content (AvgIpc) is 2.26. The fraction of sp³-hybridized carbons (Fsp3) is 1.00. The molecular formula is C16H35N3. The minimum atomic E-state index is 0.265. The van der Waals surface area contributed by atoms with E-state index in [0.717, 1.165) is 6.54 Å². The van der Waals surface area contributed by atoms with Crippen molar-refractivity contribution in [1.82, 2.24) is 15.1 Å². The number of rotatable bonds is 6. The fourth-order valence-electron chi connectivity index (χ4n) is 2.63. The fourth-order valence-corrected chi connectivity index (χ4v) is 2.63. The third-order valence-corrected chi connectivity index (χ3v) is 4.20. The summed E-state index contributed by atoms with van der Waals surface area (Å²) in [6, 6.07) is 0. The zero-order chi connectivity index (χ0) is 14.5. The van der Waals surface area contributed by atoms with Crippen molar-refractivity contribution in [2.45, 2.75) is 65.0 Å². The summed E-state index contributed by atoms with van der Waals surface area (Å²) in [6.07, 6.45) is 3.98. The summed E-state index contributed by atoms with van der Waals surface area (Å²) in [5, 5.41) is 3.56. The smallest absolute Gasteiger partial charge is 0.0277 e. The van der Waals surface area contributed by atoms with Gasteiger partial charge >= 0.3 is 0 Å². The van der Waals surface area contributed by atoms with E-state index in [1.165, 1.54) is 45.4 Å². The van der Waals surface area contributed by atoms with E-state index < -0.39 is 0 Å². The van der Waals surface area contributed by atoms with E-state index >= 15 is 0 Å². The van der Waals surface area contributed by atoms with Crippen molar-refractivity contribution >= 4 is 0 Å². The maximum absolute atomic E-state index is 3.56. The molecule has 0 aromatic carbocycles. The highest BCUT2D eigenvalue weighted by molar-refractivity contribution is 4.88. The number of hydrogen-bond acceptors (Lipinski definition) is 3. The highest BCUT2D eigenvalue weighted by Gasteiger charge is 2.30. The second-order valence-electron chi connectivity index (χ2n) is 7.75. The summed E-state index contributed by atoms with van der Waals surface area (Å²) < 4.78 is 0. The number of nitrogens with zero attached hydrogens (tertiary/aromatic N) is 2. The van der Waals surface area contributed by atoms with E-state index in [-0.39, 0.29) is 5.54 Å². The van der Waals surface area contributed by atoms with Gasteiger partial charge in [-0.15, -0.1) is 0 Å². The van der Waals surface area contributed by atoms with E-state index in [1.807, 2.05) is 0 Å². The van der Waals surface area contributed by atoms with Crippen molar-refractivity contribution in [3.63, 3.8) is 0 Å². The maximum atomic E-state index is 3.56. The van der Waals surface area contributed by atoms with Crippen LogP contribution in [0.5, 0.6) is 0 Å². The van der Waals surface area contributed by atoms with Crippen LogP contribution in [0.1, 0.15) is 53.9 Å². The zero-order valence-corrected chi connectivity index (χ0v) is 14.1. The van der Waals surface area contributed by atoms with Crippen LogP contribution in [0.15, 0.2) is 0 Å². The molecule has 3 nitrogen and oxygen atoms in total. The Morgan fingerprint density at radius 2 is 1.74 bits per heavy atom. The summed E-state index contributed by atoms with van der Waals surface area (Å²) in [7, 11) is 2.25. The van der Waals surface area contributed by atoms with Crippen LogP contribution in [-0.2, 0) is 0 Å². The Morgan fingerprint density at radius 1 is 1.05 bits per heavy atom. The van der Waals surface area contributed by atoms with Gasteiger partial charge in [-0.3, -0.25) is 4.90 Å². The van der Waals surface area contributed by atoms with Gasteiger partial charge in [0.15, 0.2) is 0 Å². The van der Waals surface area contributed by atoms with Crippen molar-refractivity contribution in [2.24, 2.45) is 0 Å². The van der Waals surface area contributed by atoms with Crippen LogP contribution in [0, 0.1) is 0 Å². The quantitative estimate of drug-likeness (QED) is 0.748. The van der Waals surface area contributed by atoms with Crippen LogP contribution in [0.3, 0.4) is 0 Å². The number of likely N-dealkylation sites (N-methyl/N-ethyl adjacent to an activating group) is 1. The average molecular weight is 269 g/mol. The molecule has 0 amide bonds. The van der Waals surface area contributed by atoms with Gasteiger partial charge in [0.25, 0.3) is 0 Å². The molecule has 19 heavy (non-hydrogen) atoms. The van der Waals surface area contributed by atoms with Gasteiger partial charge in [0.1, 0.15) is 0 Å². The standard InChI is InChI=1S/C16H35N3/c1-15(2,3)17-10-8-7-9-11-19-13-12-18(6)16(4,5)14-19/h17H,7-14H2,1-6H3. The highest BCUT2D eigenvalue weighted by Crippen LogP contribution is 2.19. The SMILES string of the molecule is CN1CCN(CCCCCNC(C)(C)C)CC1(C)C. The molecule has 1 N–H and O–H groups in total. The molecule has 1 heterocycles. The molecule has 1 rings (SSSR count). The van der Waals surface area contributed by atoms with Crippen molar-refractivity contribution < 1.29 is 0 Å². The van der Waals surface area contributed by atoms with Crippen LogP contribution >= 0.6 is 0 Å². The molecule has 114 valence electrons. The molecule has 0 aromatic rings. The molecule has 1 aliphatic heterocycles. The van der Waals surface area contributed by atoms with Crippen molar-refractivity contribution in [3.05, 3.63) is 0 Å². The van der Waals surface area contributed by atoms with Gasteiger partial charge in [-0.25, -0.2) is 0 Å². The predicted molar refractivity (Wildman–Crippen MR) is 84.8 cm³/mol. The van der Waals surface area contributed by atoms with Gasteiger partial charge in [-0.1, -0.05) is 6.42 Å². The first-order valence-corrected chi connectivity index (χ1v) is 7.89. The molecule has 0 atom stereocenters. The van der Waals surface area contributed by atoms with E-state index in [0.29, 0.717) is 5.54 Å². The Bertz CT molecular complexity index is 255. The Hall–Kier alpha value is -0.120. The number of hydrogen-bond donors (Lipinski definition) is 1. The Balaban J connectivity index is 2.07. The summed E-state index contributed by atoms with van der Waals surface area (Å²) in [5.74, 6) is 0. The first-order valence-electron chi connectivity index (χ1n) is 7.89. The van der Waals surface area contributed by atoms with Gasteiger partial charge < -0.3 is 10.2 Å². The molecule has 0 saturated carbocycles. The minimum Gasteiger partial charge on any atom is -0.312 e. The van der Waals surface area contributed by atoms with Gasteiger partial charge in [-0.2, -0.15) is 0 Å². The van der Waals surface area contributed by atoms with Crippen LogP contribution < -0.4 is 5.32 Å². The molecule has 1 fully saturated rings. The summed E-state index contributed by atoms with van der Waals surface area (Å²) in [4.78, 5) is 5.12. The van der Waals surface area contributed by atoms with E-state index in [4.69, 9.17) is 0 Å².